The Morgan fingerprint density at radius 3 is 2.96 bits per heavy atom. The number of nitrogens with zero attached hydrogens (tertiary/aromatic N) is 1. The number of amides is 1. The van der Waals surface area contributed by atoms with Crippen LogP contribution in [0.3, 0.4) is 0 Å². The molecule has 1 unspecified atom stereocenters. The predicted molar refractivity (Wildman–Crippen MR) is 96.7 cm³/mol. The number of benzene rings is 1. The summed E-state index contributed by atoms with van der Waals surface area (Å²) in [5.74, 6) is 1.29. The Hall–Kier alpha value is -1.55. The molecule has 3 rings (SSSR count). The van der Waals surface area contributed by atoms with Gasteiger partial charge in [0.05, 0.1) is 0 Å². The molecule has 4 heteroatoms. The second-order valence-corrected chi connectivity index (χ2v) is 7.03. The van der Waals surface area contributed by atoms with Gasteiger partial charge in [0.15, 0.2) is 0 Å². The molecule has 0 aromatic heterocycles. The minimum absolute atomic E-state index is 0.331. The lowest BCUT2D eigenvalue weighted by molar-refractivity contribution is 0.200. The predicted octanol–water partition coefficient (Wildman–Crippen LogP) is 4.09. The van der Waals surface area contributed by atoms with Crippen molar-refractivity contribution >= 4 is 6.09 Å². The molecular weight excluding hydrogens is 300 g/mol. The van der Waals surface area contributed by atoms with E-state index in [4.69, 9.17) is 4.74 Å². The number of rotatable bonds is 7. The van der Waals surface area contributed by atoms with Gasteiger partial charge in [-0.05, 0) is 55.6 Å². The summed E-state index contributed by atoms with van der Waals surface area (Å²) in [5.41, 5.74) is 2.82. The zero-order valence-electron chi connectivity index (χ0n) is 15.0. The monoisotopic (exact) mass is 330 g/mol. The normalized spacial score (nSPS) is 22.2. The average Bonchev–Trinajstić information content (AvgIpc) is 3.13. The third kappa shape index (κ3) is 3.75. The molecule has 132 valence electrons. The van der Waals surface area contributed by atoms with E-state index in [-0.39, 0.29) is 6.09 Å². The van der Waals surface area contributed by atoms with Crippen molar-refractivity contribution in [1.82, 2.24) is 10.2 Å². The number of fused-ring (bicyclic) bond motifs is 3. The molecule has 0 bridgehead atoms. The summed E-state index contributed by atoms with van der Waals surface area (Å²) in [5, 5.41) is 2.85. The second-order valence-electron chi connectivity index (χ2n) is 7.03. The fourth-order valence-electron chi connectivity index (χ4n) is 4.22. The molecule has 24 heavy (non-hydrogen) atoms. The molecule has 1 fully saturated rings. The molecule has 1 heterocycles. The molecule has 1 saturated heterocycles. The van der Waals surface area contributed by atoms with E-state index in [0.29, 0.717) is 24.3 Å². The number of unbranched alkanes of at least 4 members (excludes halogenated alkanes) is 3. The molecule has 4 nitrogen and oxygen atoms in total. The molecule has 2 atom stereocenters. The topological polar surface area (TPSA) is 41.6 Å². The highest BCUT2D eigenvalue weighted by Gasteiger charge is 2.40. The Bertz CT molecular complexity index is 573. The first kappa shape index (κ1) is 17.3. The number of carbonyl (C=O) groups is 1. The van der Waals surface area contributed by atoms with Crippen LogP contribution < -0.4 is 10.1 Å². The van der Waals surface area contributed by atoms with Gasteiger partial charge in [-0.2, -0.15) is 0 Å². The molecule has 1 aromatic carbocycles. The maximum Gasteiger partial charge on any atom is 0.412 e. The van der Waals surface area contributed by atoms with Gasteiger partial charge in [-0.15, -0.1) is 0 Å². The van der Waals surface area contributed by atoms with E-state index in [9.17, 15) is 4.79 Å². The van der Waals surface area contributed by atoms with Crippen molar-refractivity contribution in [3.63, 3.8) is 0 Å². The molecule has 1 N–H and O–H groups in total. The van der Waals surface area contributed by atoms with Gasteiger partial charge in [0.25, 0.3) is 0 Å². The van der Waals surface area contributed by atoms with Crippen molar-refractivity contribution in [2.75, 3.05) is 19.6 Å². The first-order chi connectivity index (χ1) is 11.7. The first-order valence-corrected chi connectivity index (χ1v) is 9.55. The number of hydrogen-bond acceptors (Lipinski definition) is 3. The van der Waals surface area contributed by atoms with E-state index in [1.54, 1.807) is 0 Å². The largest absolute Gasteiger partial charge is 0.412 e. The van der Waals surface area contributed by atoms with E-state index in [1.807, 2.05) is 6.07 Å². The number of hydrogen-bond donors (Lipinski definition) is 1. The van der Waals surface area contributed by atoms with Gasteiger partial charge >= 0.3 is 6.09 Å². The van der Waals surface area contributed by atoms with Crippen LogP contribution in [0.2, 0.25) is 0 Å². The number of nitrogens with one attached hydrogen (secondary N) is 1. The second kappa shape index (κ2) is 8.02. The average molecular weight is 330 g/mol. The smallest absolute Gasteiger partial charge is 0.410 e. The van der Waals surface area contributed by atoms with Crippen LogP contribution in [0, 0.1) is 0 Å². The van der Waals surface area contributed by atoms with Crippen LogP contribution in [-0.2, 0) is 6.42 Å². The number of ether oxygens (including phenoxy) is 1. The summed E-state index contributed by atoms with van der Waals surface area (Å²) in [6.07, 6.45) is 6.63. The Kier molecular flexibility index (Phi) is 5.77. The summed E-state index contributed by atoms with van der Waals surface area (Å²) in [6, 6.07) is 6.82. The van der Waals surface area contributed by atoms with E-state index in [1.165, 1.54) is 36.9 Å². The highest BCUT2D eigenvalue weighted by molar-refractivity contribution is 5.70. The van der Waals surface area contributed by atoms with Crippen LogP contribution in [0.1, 0.15) is 63.0 Å². The fraction of sp³-hybridized carbons (Fsp3) is 0.650. The van der Waals surface area contributed by atoms with Gasteiger partial charge < -0.3 is 10.1 Å². The van der Waals surface area contributed by atoms with Gasteiger partial charge in [0.1, 0.15) is 5.75 Å². The van der Waals surface area contributed by atoms with Crippen molar-refractivity contribution < 1.29 is 9.53 Å². The Morgan fingerprint density at radius 1 is 1.29 bits per heavy atom. The van der Waals surface area contributed by atoms with Crippen LogP contribution in [-0.4, -0.2) is 36.7 Å². The van der Waals surface area contributed by atoms with E-state index in [0.717, 1.165) is 25.8 Å². The highest BCUT2D eigenvalue weighted by atomic mass is 16.6. The van der Waals surface area contributed by atoms with Gasteiger partial charge in [-0.1, -0.05) is 39.2 Å². The standard InChI is InChI=1S/C20H30N2O2/c1-3-5-6-7-11-21-20(23)24-16-9-8-15-13-19-17(18(15)14-16)10-12-22(19)4-2/h8-9,14,17,19H,3-7,10-13H2,1-2H3,(H,21,23)/t17-,19?/m0/s1. The molecule has 1 aliphatic heterocycles. The van der Waals surface area contributed by atoms with Crippen molar-refractivity contribution in [2.45, 2.75) is 64.3 Å². The summed E-state index contributed by atoms with van der Waals surface area (Å²) >= 11 is 0. The summed E-state index contributed by atoms with van der Waals surface area (Å²) in [6.45, 7) is 7.43. The first-order valence-electron chi connectivity index (χ1n) is 9.55. The van der Waals surface area contributed by atoms with Gasteiger partial charge in [-0.25, -0.2) is 4.79 Å². The van der Waals surface area contributed by atoms with Crippen LogP contribution in [0.25, 0.3) is 0 Å². The SMILES string of the molecule is CCCCCCNC(=O)Oc1ccc2c(c1)[C@@H]1CCN(CC)C1C2. The van der Waals surface area contributed by atoms with Gasteiger partial charge in [0.2, 0.25) is 0 Å². The van der Waals surface area contributed by atoms with Crippen molar-refractivity contribution in [2.24, 2.45) is 0 Å². The zero-order chi connectivity index (χ0) is 16.9. The molecular formula is C20H30N2O2. The maximum atomic E-state index is 11.9. The minimum atomic E-state index is -0.331. The third-order valence-electron chi connectivity index (χ3n) is 5.52. The molecule has 0 saturated carbocycles. The maximum absolute atomic E-state index is 11.9. The molecule has 1 aromatic rings. The summed E-state index contributed by atoms with van der Waals surface area (Å²) < 4.78 is 5.48. The van der Waals surface area contributed by atoms with Crippen molar-refractivity contribution in [3.05, 3.63) is 29.3 Å². The van der Waals surface area contributed by atoms with Gasteiger partial charge in [-0.3, -0.25) is 4.90 Å². The third-order valence-corrected chi connectivity index (χ3v) is 5.52. The molecule has 1 aliphatic carbocycles. The highest BCUT2D eigenvalue weighted by Crippen LogP contribution is 2.44. The number of likely N-dealkylation sites (tertiary alicyclic amines) is 1. The Morgan fingerprint density at radius 2 is 2.17 bits per heavy atom. The molecule has 1 amide bonds. The van der Waals surface area contributed by atoms with Crippen LogP contribution in [0.4, 0.5) is 4.79 Å². The van der Waals surface area contributed by atoms with Crippen LogP contribution in [0.5, 0.6) is 5.75 Å². The Balaban J connectivity index is 1.54. The van der Waals surface area contributed by atoms with E-state index >= 15 is 0 Å². The molecule has 2 aliphatic rings. The van der Waals surface area contributed by atoms with E-state index in [2.05, 4.69) is 36.2 Å². The van der Waals surface area contributed by atoms with Crippen molar-refractivity contribution in [3.8, 4) is 5.75 Å². The lowest BCUT2D eigenvalue weighted by Gasteiger charge is -2.21. The molecule has 0 spiro atoms. The summed E-state index contributed by atoms with van der Waals surface area (Å²) in [4.78, 5) is 14.5. The van der Waals surface area contributed by atoms with Gasteiger partial charge in [0, 0.05) is 18.5 Å². The van der Waals surface area contributed by atoms with E-state index < -0.39 is 0 Å². The fourth-order valence-corrected chi connectivity index (χ4v) is 4.22. The minimum Gasteiger partial charge on any atom is -0.410 e. The number of likely N-dealkylation sites (N-methyl/N-ethyl adjacent to an activating group) is 1. The number of carbonyl (C=O) groups excluding carboxylic acids is 1. The summed E-state index contributed by atoms with van der Waals surface area (Å²) in [7, 11) is 0. The van der Waals surface area contributed by atoms with Crippen LogP contribution in [0.15, 0.2) is 18.2 Å². The zero-order valence-corrected chi connectivity index (χ0v) is 15.0. The lowest BCUT2D eigenvalue weighted by atomic mass is 9.98. The molecule has 0 radical (unpaired) electrons. The van der Waals surface area contributed by atoms with Crippen LogP contribution >= 0.6 is 0 Å². The quantitative estimate of drug-likeness (QED) is 0.766. The lowest BCUT2D eigenvalue weighted by Crippen LogP contribution is -2.30. The van der Waals surface area contributed by atoms with Crippen molar-refractivity contribution in [1.29, 1.82) is 0 Å². The Labute approximate surface area is 145 Å².